The van der Waals surface area contributed by atoms with E-state index in [1.165, 1.54) is 6.07 Å². The van der Waals surface area contributed by atoms with E-state index < -0.39 is 16.9 Å². The quantitative estimate of drug-likeness (QED) is 0.869. The number of rotatable bonds is 3. The fourth-order valence-corrected chi connectivity index (χ4v) is 1.96. The Labute approximate surface area is 108 Å². The summed E-state index contributed by atoms with van der Waals surface area (Å²) in [4.78, 5) is 39.0. The lowest BCUT2D eigenvalue weighted by molar-refractivity contribution is 0.349. The first-order valence-corrected chi connectivity index (χ1v) is 6.12. The van der Waals surface area contributed by atoms with E-state index in [-0.39, 0.29) is 16.5 Å². The Morgan fingerprint density at radius 2 is 1.89 bits per heavy atom. The summed E-state index contributed by atoms with van der Waals surface area (Å²) in [5.41, 5.74) is -1.32. The summed E-state index contributed by atoms with van der Waals surface area (Å²) in [6.45, 7) is 6.14. The monoisotopic (exact) mass is 264 g/mol. The molecular weight excluding hydrogens is 248 g/mol. The van der Waals surface area contributed by atoms with Crippen LogP contribution in [0.5, 0.6) is 0 Å². The number of aromatic nitrogens is 2. The summed E-state index contributed by atoms with van der Waals surface area (Å²) in [6.07, 6.45) is 1.46. The van der Waals surface area contributed by atoms with Gasteiger partial charge in [0.25, 0.3) is 5.56 Å². The van der Waals surface area contributed by atoms with Crippen LogP contribution >= 0.6 is 0 Å². The lowest BCUT2D eigenvalue weighted by atomic mass is 9.83. The largest absolute Gasteiger partial charge is 0.405 e. The van der Waals surface area contributed by atoms with Gasteiger partial charge in [-0.1, -0.05) is 27.2 Å². The van der Waals surface area contributed by atoms with Crippen molar-refractivity contribution in [2.45, 2.75) is 33.6 Å². The predicted molar refractivity (Wildman–Crippen MR) is 71.5 cm³/mol. The molecule has 0 saturated carbocycles. The number of hydrogen-bond acceptors (Lipinski definition) is 4. The van der Waals surface area contributed by atoms with Gasteiger partial charge < -0.3 is 4.42 Å². The molecule has 0 aliphatic heterocycles. The standard InChI is InChI=1S/C13H16N2O4/c1-4-13(2,3)6-7-5-8(16)19-11-9(7)10(17)14-12(18)15-11/h5H,4,6H2,1-3H3,(H2,14,15,17,18). The molecule has 0 aromatic carbocycles. The summed E-state index contributed by atoms with van der Waals surface area (Å²) in [7, 11) is 0. The van der Waals surface area contributed by atoms with Gasteiger partial charge in [0, 0.05) is 6.07 Å². The van der Waals surface area contributed by atoms with Gasteiger partial charge in [0.15, 0.2) is 0 Å². The van der Waals surface area contributed by atoms with E-state index in [1.54, 1.807) is 0 Å². The molecule has 0 aliphatic carbocycles. The van der Waals surface area contributed by atoms with Crippen molar-refractivity contribution < 1.29 is 4.42 Å². The van der Waals surface area contributed by atoms with Crippen molar-refractivity contribution in [3.05, 3.63) is 42.9 Å². The van der Waals surface area contributed by atoms with Gasteiger partial charge in [-0.2, -0.15) is 0 Å². The number of hydrogen-bond donors (Lipinski definition) is 2. The predicted octanol–water partition coefficient (Wildman–Crippen LogP) is 1.15. The molecule has 2 heterocycles. The number of fused-ring (bicyclic) bond motifs is 1. The number of H-pyrrole nitrogens is 2. The highest BCUT2D eigenvalue weighted by atomic mass is 16.4. The van der Waals surface area contributed by atoms with Crippen LogP contribution in [0.4, 0.5) is 0 Å². The molecule has 19 heavy (non-hydrogen) atoms. The van der Waals surface area contributed by atoms with Crippen molar-refractivity contribution in [3.8, 4) is 0 Å². The first kappa shape index (κ1) is 13.3. The smallest absolute Gasteiger partial charge is 0.337 e. The average molecular weight is 264 g/mol. The van der Waals surface area contributed by atoms with Gasteiger partial charge >= 0.3 is 11.3 Å². The summed E-state index contributed by atoms with van der Waals surface area (Å²) >= 11 is 0. The molecule has 0 bridgehead atoms. The topological polar surface area (TPSA) is 95.9 Å². The number of aromatic amines is 2. The fraction of sp³-hybridized carbons (Fsp3) is 0.462. The van der Waals surface area contributed by atoms with E-state index in [0.717, 1.165) is 6.42 Å². The van der Waals surface area contributed by atoms with Crippen molar-refractivity contribution >= 4 is 11.1 Å². The Balaban J connectivity index is 2.77. The first-order valence-electron chi connectivity index (χ1n) is 6.12. The van der Waals surface area contributed by atoms with Crippen molar-refractivity contribution in [2.75, 3.05) is 0 Å². The second-order valence-corrected chi connectivity index (χ2v) is 5.40. The zero-order chi connectivity index (χ0) is 14.2. The lowest BCUT2D eigenvalue weighted by Crippen LogP contribution is -2.25. The van der Waals surface area contributed by atoms with E-state index in [1.807, 2.05) is 20.8 Å². The molecule has 6 nitrogen and oxygen atoms in total. The molecule has 102 valence electrons. The highest BCUT2D eigenvalue weighted by Gasteiger charge is 2.20. The molecular formula is C13H16N2O4. The fourth-order valence-electron chi connectivity index (χ4n) is 1.96. The maximum Gasteiger partial charge on any atom is 0.337 e. The third-order valence-electron chi connectivity index (χ3n) is 3.35. The van der Waals surface area contributed by atoms with Gasteiger partial charge in [-0.25, -0.2) is 9.59 Å². The molecule has 0 aliphatic rings. The van der Waals surface area contributed by atoms with Crippen LogP contribution in [0.3, 0.4) is 0 Å². The average Bonchev–Trinajstić information content (AvgIpc) is 2.26. The van der Waals surface area contributed by atoms with E-state index in [2.05, 4.69) is 9.97 Å². The molecule has 2 aromatic heterocycles. The molecule has 0 radical (unpaired) electrons. The van der Waals surface area contributed by atoms with Crippen LogP contribution in [-0.2, 0) is 6.42 Å². The minimum atomic E-state index is -0.687. The molecule has 0 fully saturated rings. The molecule has 2 rings (SSSR count). The summed E-state index contributed by atoms with van der Waals surface area (Å²) in [5.74, 6) is 0. The van der Waals surface area contributed by atoms with Crippen molar-refractivity contribution in [3.63, 3.8) is 0 Å². The van der Waals surface area contributed by atoms with Crippen LogP contribution in [0, 0.1) is 5.41 Å². The summed E-state index contributed by atoms with van der Waals surface area (Å²) in [6, 6.07) is 1.31. The van der Waals surface area contributed by atoms with Crippen LogP contribution < -0.4 is 16.9 Å². The van der Waals surface area contributed by atoms with Crippen LogP contribution in [0.25, 0.3) is 11.1 Å². The van der Waals surface area contributed by atoms with Crippen molar-refractivity contribution in [1.29, 1.82) is 0 Å². The Bertz CT molecular complexity index is 774. The highest BCUT2D eigenvalue weighted by Crippen LogP contribution is 2.26. The van der Waals surface area contributed by atoms with Gasteiger partial charge in [-0.05, 0) is 17.4 Å². The molecule has 2 N–H and O–H groups in total. The molecule has 0 atom stereocenters. The van der Waals surface area contributed by atoms with Crippen molar-refractivity contribution in [1.82, 2.24) is 9.97 Å². The second-order valence-electron chi connectivity index (χ2n) is 5.40. The molecule has 2 aromatic rings. The van der Waals surface area contributed by atoms with E-state index >= 15 is 0 Å². The molecule has 0 unspecified atom stereocenters. The minimum Gasteiger partial charge on any atom is -0.405 e. The maximum absolute atomic E-state index is 11.9. The van der Waals surface area contributed by atoms with Crippen LogP contribution in [0.15, 0.2) is 24.9 Å². The zero-order valence-corrected chi connectivity index (χ0v) is 11.1. The first-order chi connectivity index (χ1) is 8.82. The van der Waals surface area contributed by atoms with Gasteiger partial charge in [0.05, 0.1) is 0 Å². The highest BCUT2D eigenvalue weighted by molar-refractivity contribution is 5.75. The third kappa shape index (κ3) is 2.67. The van der Waals surface area contributed by atoms with E-state index in [9.17, 15) is 14.4 Å². The Morgan fingerprint density at radius 3 is 2.53 bits per heavy atom. The Morgan fingerprint density at radius 1 is 1.21 bits per heavy atom. The second kappa shape index (κ2) is 4.53. The van der Waals surface area contributed by atoms with Gasteiger partial charge in [0.1, 0.15) is 5.39 Å². The van der Waals surface area contributed by atoms with E-state index in [0.29, 0.717) is 12.0 Å². The van der Waals surface area contributed by atoms with Crippen molar-refractivity contribution in [2.24, 2.45) is 5.41 Å². The minimum absolute atomic E-state index is 0.0523. The lowest BCUT2D eigenvalue weighted by Gasteiger charge is -2.22. The Hall–Kier alpha value is -2.11. The SMILES string of the molecule is CCC(C)(C)Cc1cc(=O)oc2[nH]c(=O)[nH]c(=O)c12. The summed E-state index contributed by atoms with van der Waals surface area (Å²) < 4.78 is 4.88. The normalized spacial score (nSPS) is 11.9. The zero-order valence-electron chi connectivity index (χ0n) is 11.1. The molecule has 6 heteroatoms. The third-order valence-corrected chi connectivity index (χ3v) is 3.35. The molecule has 0 spiro atoms. The van der Waals surface area contributed by atoms with Crippen LogP contribution in [0.1, 0.15) is 32.8 Å². The van der Waals surface area contributed by atoms with Gasteiger partial charge in [-0.3, -0.25) is 14.8 Å². The van der Waals surface area contributed by atoms with E-state index in [4.69, 9.17) is 4.42 Å². The van der Waals surface area contributed by atoms with Crippen LogP contribution in [0.2, 0.25) is 0 Å². The van der Waals surface area contributed by atoms with Crippen LogP contribution in [-0.4, -0.2) is 9.97 Å². The molecule has 0 amide bonds. The van der Waals surface area contributed by atoms with Gasteiger partial charge in [-0.15, -0.1) is 0 Å². The van der Waals surface area contributed by atoms with Gasteiger partial charge in [0.2, 0.25) is 5.71 Å². The Kier molecular flexibility index (Phi) is 3.18. The molecule has 0 saturated heterocycles. The maximum atomic E-state index is 11.9. The number of nitrogens with one attached hydrogen (secondary N) is 2. The summed E-state index contributed by atoms with van der Waals surface area (Å²) in [5, 5.41) is 0.237.